The molecule has 0 amide bonds. The monoisotopic (exact) mass is 411 g/mol. The summed E-state index contributed by atoms with van der Waals surface area (Å²) in [7, 11) is -2.02. The summed E-state index contributed by atoms with van der Waals surface area (Å²) < 4.78 is 29.9. The second kappa shape index (κ2) is 9.91. The van der Waals surface area contributed by atoms with Crippen LogP contribution in [-0.4, -0.2) is 32.1 Å². The normalized spacial score (nSPS) is 18.4. The van der Waals surface area contributed by atoms with Crippen LogP contribution in [0.3, 0.4) is 0 Å². The first kappa shape index (κ1) is 22.9. The molecule has 0 aromatic heterocycles. The fourth-order valence-corrected chi connectivity index (χ4v) is 5.09. The molecule has 0 radical (unpaired) electrons. The first-order valence-electron chi connectivity index (χ1n) is 10.1. The highest BCUT2D eigenvalue weighted by molar-refractivity contribution is 7.57. The molecule has 1 aromatic carbocycles. The summed E-state index contributed by atoms with van der Waals surface area (Å²) in [5.74, 6) is 1.36. The van der Waals surface area contributed by atoms with Crippen LogP contribution in [0.1, 0.15) is 70.4 Å². The second-order valence-electron chi connectivity index (χ2n) is 7.83. The maximum absolute atomic E-state index is 13.6. The highest BCUT2D eigenvalue weighted by Crippen LogP contribution is 2.51. The molecule has 0 saturated heterocycles. The Kier molecular flexibility index (Phi) is 8.11. The molecule has 0 heterocycles. The molecule has 1 saturated carbocycles. The van der Waals surface area contributed by atoms with E-state index in [1.165, 1.54) is 20.0 Å². The number of ether oxygens (including phenoxy) is 2. The molecule has 1 aliphatic rings. The molecule has 1 fully saturated rings. The lowest BCUT2D eigenvalue weighted by Gasteiger charge is -2.27. The Morgan fingerprint density at radius 2 is 1.86 bits per heavy atom. The summed E-state index contributed by atoms with van der Waals surface area (Å²) in [5.41, 5.74) is 2.07. The van der Waals surface area contributed by atoms with Crippen molar-refractivity contribution >= 4 is 13.5 Å². The number of para-hydroxylation sites is 1. The minimum atomic E-state index is -3.49. The van der Waals surface area contributed by atoms with Crippen molar-refractivity contribution < 1.29 is 23.4 Å². The Balaban J connectivity index is 2.37. The third-order valence-corrected chi connectivity index (χ3v) is 6.94. The molecule has 6 nitrogen and oxygen atoms in total. The third-order valence-electron chi connectivity index (χ3n) is 5.09. The Hall–Kier alpha value is -1.36. The van der Waals surface area contributed by atoms with Crippen LogP contribution in [0.25, 0.3) is 0 Å². The van der Waals surface area contributed by atoms with Crippen molar-refractivity contribution in [2.75, 3.05) is 20.1 Å². The minimum absolute atomic E-state index is 0.138. The van der Waals surface area contributed by atoms with Crippen molar-refractivity contribution in [3.63, 3.8) is 0 Å². The highest BCUT2D eigenvalue weighted by Gasteiger charge is 2.35. The van der Waals surface area contributed by atoms with Gasteiger partial charge in [-0.25, -0.2) is 5.09 Å². The lowest BCUT2D eigenvalue weighted by Crippen LogP contribution is -2.35. The van der Waals surface area contributed by atoms with Crippen LogP contribution < -0.4 is 9.61 Å². The van der Waals surface area contributed by atoms with Crippen molar-refractivity contribution in [3.8, 4) is 5.75 Å². The number of hydrogen-bond donors (Lipinski definition) is 1. The first-order chi connectivity index (χ1) is 13.2. The average Bonchev–Trinajstić information content (AvgIpc) is 3.46. The molecular formula is C21H34NO5P. The number of hydrogen-bond acceptors (Lipinski definition) is 5. The topological polar surface area (TPSA) is 73.9 Å². The zero-order valence-corrected chi connectivity index (χ0v) is 18.8. The zero-order valence-electron chi connectivity index (χ0n) is 17.9. The molecule has 1 aliphatic carbocycles. The average molecular weight is 411 g/mol. The second-order valence-corrected chi connectivity index (χ2v) is 9.88. The van der Waals surface area contributed by atoms with E-state index >= 15 is 0 Å². The number of nitrogens with one attached hydrogen (secondary N) is 1. The summed E-state index contributed by atoms with van der Waals surface area (Å²) in [5, 5.41) is 2.84. The molecular weight excluding hydrogens is 377 g/mol. The van der Waals surface area contributed by atoms with Gasteiger partial charge in [-0.1, -0.05) is 39.0 Å². The van der Waals surface area contributed by atoms with Gasteiger partial charge in [0.05, 0.1) is 6.61 Å². The molecule has 0 aliphatic heterocycles. The van der Waals surface area contributed by atoms with Crippen LogP contribution in [0, 0.1) is 5.92 Å². The molecule has 158 valence electrons. The molecule has 2 rings (SSSR count). The van der Waals surface area contributed by atoms with Crippen LogP contribution in [0.4, 0.5) is 0 Å². The van der Waals surface area contributed by atoms with Gasteiger partial charge in [-0.2, -0.15) is 0 Å². The van der Waals surface area contributed by atoms with Crippen molar-refractivity contribution in [1.29, 1.82) is 0 Å². The molecule has 7 heteroatoms. The smallest absolute Gasteiger partial charge is 0.342 e. The molecule has 1 aromatic rings. The van der Waals surface area contributed by atoms with Gasteiger partial charge in [0.2, 0.25) is 0 Å². The summed E-state index contributed by atoms with van der Waals surface area (Å²) >= 11 is 0. The fourth-order valence-electron chi connectivity index (χ4n) is 3.36. The molecule has 1 N–H and O–H groups in total. The molecule has 0 unspecified atom stereocenters. The number of carbonyl (C=O) groups excluding carboxylic acids is 1. The first-order valence-corrected chi connectivity index (χ1v) is 11.9. The molecule has 0 bridgehead atoms. The molecule has 28 heavy (non-hydrogen) atoms. The van der Waals surface area contributed by atoms with E-state index in [0.29, 0.717) is 17.6 Å². The van der Waals surface area contributed by atoms with Crippen molar-refractivity contribution in [1.82, 2.24) is 5.09 Å². The maximum Gasteiger partial charge on any atom is 0.342 e. The Morgan fingerprint density at radius 3 is 2.39 bits per heavy atom. The number of rotatable bonds is 11. The number of methoxy groups -OCH3 is 1. The van der Waals surface area contributed by atoms with Gasteiger partial charge in [0, 0.05) is 7.11 Å². The lowest BCUT2D eigenvalue weighted by atomic mass is 9.90. The maximum atomic E-state index is 13.6. The fraction of sp³-hybridized carbons (Fsp3) is 0.667. The van der Waals surface area contributed by atoms with Crippen LogP contribution in [0.2, 0.25) is 0 Å². The van der Waals surface area contributed by atoms with E-state index in [1.807, 2.05) is 12.1 Å². The van der Waals surface area contributed by atoms with Crippen molar-refractivity contribution in [2.45, 2.75) is 65.3 Å². The van der Waals surface area contributed by atoms with Crippen LogP contribution in [0.5, 0.6) is 5.75 Å². The van der Waals surface area contributed by atoms with Gasteiger partial charge >= 0.3 is 13.5 Å². The van der Waals surface area contributed by atoms with Gasteiger partial charge < -0.3 is 14.0 Å². The third kappa shape index (κ3) is 5.82. The predicted molar refractivity (Wildman–Crippen MR) is 111 cm³/mol. The lowest BCUT2D eigenvalue weighted by molar-refractivity contribution is -0.144. The molecule has 3 atom stereocenters. The van der Waals surface area contributed by atoms with E-state index in [-0.39, 0.29) is 18.9 Å². The van der Waals surface area contributed by atoms with E-state index in [0.717, 1.165) is 11.1 Å². The summed E-state index contributed by atoms with van der Waals surface area (Å²) in [4.78, 5) is 12.0. The van der Waals surface area contributed by atoms with Crippen LogP contribution >= 0.6 is 7.52 Å². The largest absolute Gasteiger partial charge is 0.465 e. The predicted octanol–water partition coefficient (Wildman–Crippen LogP) is 5.04. The Morgan fingerprint density at radius 1 is 1.21 bits per heavy atom. The standard InChI is InChI=1S/C21H34NO5P/c1-7-26-21(23)16(5)22-28(24,13-25-6)27-20-18(14(2)3)9-8-10-19(20)15(4)17-11-12-17/h8-10,14-17H,7,11-13H2,1-6H3,(H,22,24)/t15-,16+,28-/m1/s1. The van der Waals surface area contributed by atoms with Crippen LogP contribution in [-0.2, 0) is 18.8 Å². The summed E-state index contributed by atoms with van der Waals surface area (Å²) in [6, 6.07) is 5.33. The number of benzene rings is 1. The van der Waals surface area contributed by atoms with Gasteiger partial charge in [0.15, 0.2) is 0 Å². The summed E-state index contributed by atoms with van der Waals surface area (Å²) in [6.07, 6.45) is 2.28. The SMILES string of the molecule is CCOC(=O)[C@H](C)N[P@@](=O)(COC)Oc1c(C(C)C)cccc1[C@H](C)C1CC1. The van der Waals surface area contributed by atoms with Gasteiger partial charge in [-0.3, -0.25) is 9.36 Å². The van der Waals surface area contributed by atoms with E-state index in [9.17, 15) is 9.36 Å². The summed E-state index contributed by atoms with van der Waals surface area (Å²) in [6.45, 7) is 9.98. The van der Waals surface area contributed by atoms with E-state index in [4.69, 9.17) is 14.0 Å². The van der Waals surface area contributed by atoms with E-state index in [1.54, 1.807) is 13.8 Å². The van der Waals surface area contributed by atoms with Gasteiger partial charge in [-0.05, 0) is 55.6 Å². The van der Waals surface area contributed by atoms with Crippen LogP contribution in [0.15, 0.2) is 18.2 Å². The van der Waals surface area contributed by atoms with Gasteiger partial charge in [0.25, 0.3) is 0 Å². The molecule has 0 spiro atoms. The number of esters is 1. The minimum Gasteiger partial charge on any atom is -0.465 e. The van der Waals surface area contributed by atoms with Crippen molar-refractivity contribution in [2.24, 2.45) is 5.92 Å². The van der Waals surface area contributed by atoms with Gasteiger partial charge in [-0.15, -0.1) is 0 Å². The zero-order chi connectivity index (χ0) is 20.9. The van der Waals surface area contributed by atoms with E-state index < -0.39 is 19.5 Å². The quantitative estimate of drug-likeness (QED) is 0.406. The Bertz CT molecular complexity index is 717. The number of carbonyl (C=O) groups is 1. The van der Waals surface area contributed by atoms with Crippen molar-refractivity contribution in [3.05, 3.63) is 29.3 Å². The highest BCUT2D eigenvalue weighted by atomic mass is 31.2. The van der Waals surface area contributed by atoms with Gasteiger partial charge in [0.1, 0.15) is 18.1 Å². The van der Waals surface area contributed by atoms with E-state index in [2.05, 4.69) is 31.9 Å². The Labute approximate surface area is 168 Å².